The van der Waals surface area contributed by atoms with Crippen LogP contribution in [0.15, 0.2) is 0 Å². The molecule has 3 aliphatic carbocycles. The van der Waals surface area contributed by atoms with E-state index in [1.807, 2.05) is 0 Å². The molecule has 0 radical (unpaired) electrons. The summed E-state index contributed by atoms with van der Waals surface area (Å²) < 4.78 is 0. The Hall–Kier alpha value is -0.570. The van der Waals surface area contributed by atoms with Crippen LogP contribution in [0, 0.1) is 28.6 Å². The SMILES string of the molecule is C[C@@]12CC[C@H]3C(C1)[C@@H](C2)[C@@]3(CN)CC(=O)O. The fourth-order valence-corrected chi connectivity index (χ4v) is 5.24. The number of nitrogens with two attached hydrogens (primary N) is 1. The second-order valence-corrected chi connectivity index (χ2v) is 6.64. The molecule has 16 heavy (non-hydrogen) atoms. The molecule has 3 heteroatoms. The molecule has 0 aliphatic heterocycles. The minimum atomic E-state index is -0.663. The van der Waals surface area contributed by atoms with Crippen molar-refractivity contribution in [2.24, 2.45) is 34.3 Å². The lowest BCUT2D eigenvalue weighted by Gasteiger charge is -2.59. The zero-order valence-electron chi connectivity index (χ0n) is 9.91. The van der Waals surface area contributed by atoms with Crippen molar-refractivity contribution < 1.29 is 9.90 Å². The predicted octanol–water partition coefficient (Wildman–Crippen LogP) is 1.86. The van der Waals surface area contributed by atoms with Gasteiger partial charge < -0.3 is 10.8 Å². The van der Waals surface area contributed by atoms with Gasteiger partial charge in [0.25, 0.3) is 0 Å². The van der Waals surface area contributed by atoms with Crippen molar-refractivity contribution in [1.82, 2.24) is 0 Å². The van der Waals surface area contributed by atoms with Crippen LogP contribution < -0.4 is 5.73 Å². The van der Waals surface area contributed by atoms with Gasteiger partial charge in [0.1, 0.15) is 0 Å². The van der Waals surface area contributed by atoms with Crippen molar-refractivity contribution in [1.29, 1.82) is 0 Å². The van der Waals surface area contributed by atoms with Crippen LogP contribution in [0.2, 0.25) is 0 Å². The van der Waals surface area contributed by atoms with Crippen molar-refractivity contribution >= 4 is 5.97 Å². The highest BCUT2D eigenvalue weighted by Crippen LogP contribution is 2.73. The van der Waals surface area contributed by atoms with E-state index in [-0.39, 0.29) is 5.41 Å². The first-order valence-corrected chi connectivity index (χ1v) is 6.43. The van der Waals surface area contributed by atoms with Crippen LogP contribution in [-0.4, -0.2) is 17.6 Å². The van der Waals surface area contributed by atoms with Gasteiger partial charge in [0.15, 0.2) is 0 Å². The highest BCUT2D eigenvalue weighted by atomic mass is 16.4. The predicted molar refractivity (Wildman–Crippen MR) is 60.8 cm³/mol. The summed E-state index contributed by atoms with van der Waals surface area (Å²) in [5.41, 5.74) is 6.39. The monoisotopic (exact) mass is 223 g/mol. The first-order chi connectivity index (χ1) is 7.51. The minimum Gasteiger partial charge on any atom is -0.481 e. The number of carboxylic acids is 1. The molecule has 3 nitrogen and oxygen atoms in total. The lowest BCUT2D eigenvalue weighted by molar-refractivity contribution is -0.156. The lowest BCUT2D eigenvalue weighted by Crippen LogP contribution is -2.59. The van der Waals surface area contributed by atoms with E-state index < -0.39 is 5.97 Å². The Morgan fingerprint density at radius 2 is 2.19 bits per heavy atom. The van der Waals surface area contributed by atoms with Crippen LogP contribution in [-0.2, 0) is 4.79 Å². The third-order valence-corrected chi connectivity index (χ3v) is 5.87. The van der Waals surface area contributed by atoms with Gasteiger partial charge in [-0.15, -0.1) is 0 Å². The van der Waals surface area contributed by atoms with E-state index in [4.69, 9.17) is 10.8 Å². The molecule has 0 aromatic heterocycles. The molecule has 3 aliphatic rings. The maximum Gasteiger partial charge on any atom is 0.303 e. The summed E-state index contributed by atoms with van der Waals surface area (Å²) >= 11 is 0. The van der Waals surface area contributed by atoms with Gasteiger partial charge in [-0.05, 0) is 60.8 Å². The van der Waals surface area contributed by atoms with E-state index in [9.17, 15) is 4.79 Å². The summed E-state index contributed by atoms with van der Waals surface area (Å²) in [5.74, 6) is 1.34. The first-order valence-electron chi connectivity index (χ1n) is 6.43. The van der Waals surface area contributed by atoms with Gasteiger partial charge in [-0.3, -0.25) is 4.79 Å². The van der Waals surface area contributed by atoms with Crippen molar-refractivity contribution in [3.63, 3.8) is 0 Å². The van der Waals surface area contributed by atoms with E-state index in [1.165, 1.54) is 25.7 Å². The summed E-state index contributed by atoms with van der Waals surface area (Å²) in [5, 5.41) is 9.10. The molecule has 3 saturated carbocycles. The average molecular weight is 223 g/mol. The summed E-state index contributed by atoms with van der Waals surface area (Å²) in [7, 11) is 0. The van der Waals surface area contributed by atoms with Crippen molar-refractivity contribution in [2.45, 2.75) is 39.0 Å². The van der Waals surface area contributed by atoms with E-state index >= 15 is 0 Å². The molecular formula is C13H21NO2. The van der Waals surface area contributed by atoms with Crippen LogP contribution in [0.4, 0.5) is 0 Å². The summed E-state index contributed by atoms with van der Waals surface area (Å²) in [6, 6.07) is 0. The molecule has 3 fully saturated rings. The molecular weight excluding hydrogens is 202 g/mol. The third kappa shape index (κ3) is 1.10. The fourth-order valence-electron chi connectivity index (χ4n) is 5.24. The molecule has 3 N–H and O–H groups in total. The first kappa shape index (κ1) is 10.6. The Kier molecular flexibility index (Phi) is 1.99. The number of carbonyl (C=O) groups is 1. The average Bonchev–Trinajstić information content (AvgIpc) is 2.37. The van der Waals surface area contributed by atoms with Gasteiger partial charge in [0.2, 0.25) is 0 Å². The van der Waals surface area contributed by atoms with Crippen LogP contribution in [0.1, 0.15) is 39.0 Å². The quantitative estimate of drug-likeness (QED) is 0.767. The molecule has 0 aromatic rings. The maximum atomic E-state index is 11.1. The Bertz CT molecular complexity index is 343. The highest BCUT2D eigenvalue weighted by molar-refractivity contribution is 5.68. The molecule has 2 bridgehead atoms. The van der Waals surface area contributed by atoms with E-state index in [2.05, 4.69) is 6.92 Å². The molecule has 0 saturated heterocycles. The number of rotatable bonds is 3. The summed E-state index contributed by atoms with van der Waals surface area (Å²) in [6.07, 6.45) is 5.34. The summed E-state index contributed by atoms with van der Waals surface area (Å²) in [4.78, 5) is 11.1. The second-order valence-electron chi connectivity index (χ2n) is 6.64. The number of carboxylic acid groups (broad SMARTS) is 1. The van der Waals surface area contributed by atoms with Gasteiger partial charge in [0, 0.05) is 0 Å². The zero-order chi connectivity index (χ0) is 11.6. The Balaban J connectivity index is 1.90. The Labute approximate surface area is 96.4 Å². The van der Waals surface area contributed by atoms with Gasteiger partial charge in [-0.2, -0.15) is 0 Å². The Morgan fingerprint density at radius 3 is 2.81 bits per heavy atom. The topological polar surface area (TPSA) is 63.3 Å². The molecule has 90 valence electrons. The molecule has 0 spiro atoms. The molecule has 0 amide bonds. The molecule has 0 aromatic carbocycles. The van der Waals surface area contributed by atoms with Crippen LogP contribution in [0.5, 0.6) is 0 Å². The molecule has 0 heterocycles. The number of hydrogen-bond acceptors (Lipinski definition) is 2. The lowest BCUT2D eigenvalue weighted by atomic mass is 9.45. The van der Waals surface area contributed by atoms with Crippen molar-refractivity contribution in [2.75, 3.05) is 6.54 Å². The van der Waals surface area contributed by atoms with E-state index in [1.54, 1.807) is 0 Å². The summed E-state index contributed by atoms with van der Waals surface area (Å²) in [6.45, 7) is 2.95. The standard InChI is InChI=1S/C13H21NO2/c1-12-3-2-9-8(4-12)10(5-12)13(9,7-14)6-11(15)16/h8-10H,2-7,14H2,1H3,(H,15,16)/t8?,9-,10+,12+,13+/m0/s1. The van der Waals surface area contributed by atoms with Crippen LogP contribution in [0.25, 0.3) is 0 Å². The normalized spacial score (nSPS) is 53.5. The molecule has 3 rings (SSSR count). The molecule has 1 unspecified atom stereocenters. The largest absolute Gasteiger partial charge is 0.481 e. The van der Waals surface area contributed by atoms with Gasteiger partial charge in [-0.1, -0.05) is 6.92 Å². The number of hydrogen-bond donors (Lipinski definition) is 2. The minimum absolute atomic E-state index is 0.0508. The maximum absolute atomic E-state index is 11.1. The number of fused-ring (bicyclic) bond motifs is 1. The third-order valence-electron chi connectivity index (χ3n) is 5.87. The number of aliphatic carboxylic acids is 1. The highest BCUT2D eigenvalue weighted by Gasteiger charge is 2.68. The van der Waals surface area contributed by atoms with Crippen LogP contribution >= 0.6 is 0 Å². The van der Waals surface area contributed by atoms with E-state index in [0.29, 0.717) is 30.2 Å². The Morgan fingerprint density at radius 1 is 1.44 bits per heavy atom. The zero-order valence-corrected chi connectivity index (χ0v) is 9.91. The fraction of sp³-hybridized carbons (Fsp3) is 0.923. The smallest absolute Gasteiger partial charge is 0.303 e. The second kappa shape index (κ2) is 3.00. The van der Waals surface area contributed by atoms with Gasteiger partial charge in [0.05, 0.1) is 6.42 Å². The van der Waals surface area contributed by atoms with E-state index in [0.717, 1.165) is 5.92 Å². The van der Waals surface area contributed by atoms with Crippen LogP contribution in [0.3, 0.4) is 0 Å². The molecule has 5 atom stereocenters. The van der Waals surface area contributed by atoms with Crippen molar-refractivity contribution in [3.05, 3.63) is 0 Å². The van der Waals surface area contributed by atoms with Gasteiger partial charge in [-0.25, -0.2) is 0 Å². The van der Waals surface area contributed by atoms with Gasteiger partial charge >= 0.3 is 5.97 Å². The van der Waals surface area contributed by atoms with Crippen molar-refractivity contribution in [3.8, 4) is 0 Å².